The fraction of sp³-hybridized carbons (Fsp3) is 0.594. The van der Waals surface area contributed by atoms with Gasteiger partial charge in [0.25, 0.3) is 0 Å². The Morgan fingerprint density at radius 1 is 0.848 bits per heavy atom. The summed E-state index contributed by atoms with van der Waals surface area (Å²) in [5.41, 5.74) is 7.25. The topological polar surface area (TPSA) is 3.01 Å². The normalized spacial score (nSPS) is 18.2. The lowest BCUT2D eigenvalue weighted by Crippen LogP contribution is -2.31. The molecule has 1 aliphatic heterocycles. The molecule has 0 aliphatic carbocycles. The van der Waals surface area contributed by atoms with E-state index < -0.39 is 0 Å². The number of nitrogens with zero attached hydrogens (tertiary/aromatic N) is 1. The van der Waals surface area contributed by atoms with Gasteiger partial charge in [0.1, 0.15) is 0 Å². The minimum atomic E-state index is 0.0627. The van der Waals surface area contributed by atoms with Crippen LogP contribution >= 0.6 is 0 Å². The Morgan fingerprint density at radius 3 is 1.88 bits per heavy atom. The summed E-state index contributed by atoms with van der Waals surface area (Å²) < 4.78 is 2.56. The second-order valence-corrected chi connectivity index (χ2v) is 9.64. The number of hydrogen-bond donors (Lipinski definition) is 0. The molecule has 1 nitrogen and oxygen atoms in total. The number of aryl methyl sites for hydroxylation is 2. The van der Waals surface area contributed by atoms with Crippen LogP contribution in [0, 0.1) is 12.8 Å². The molecular weight excluding hydrogens is 398 g/mol. The van der Waals surface area contributed by atoms with Gasteiger partial charge in [0, 0.05) is 31.4 Å². The lowest BCUT2D eigenvalue weighted by atomic mass is 9.77. The van der Waals surface area contributed by atoms with E-state index in [0.29, 0.717) is 5.92 Å². The molecule has 1 unspecified atom stereocenters. The van der Waals surface area contributed by atoms with Gasteiger partial charge in [0.05, 0.1) is 5.41 Å². The van der Waals surface area contributed by atoms with Crippen LogP contribution in [0.4, 0.5) is 5.69 Å². The van der Waals surface area contributed by atoms with Crippen molar-refractivity contribution >= 4 is 11.9 Å². The van der Waals surface area contributed by atoms with Crippen LogP contribution in [0.2, 0.25) is 0 Å². The first kappa shape index (κ1) is 31.1. The zero-order valence-electron chi connectivity index (χ0n) is 24.3. The molecule has 0 amide bonds. The summed E-state index contributed by atoms with van der Waals surface area (Å²) in [6.45, 7) is 28.2. The van der Waals surface area contributed by atoms with Crippen molar-refractivity contribution in [3.8, 4) is 0 Å². The lowest BCUT2D eigenvalue weighted by Gasteiger charge is -2.23. The molecule has 0 bridgehead atoms. The molecule has 0 saturated carbocycles. The van der Waals surface area contributed by atoms with Gasteiger partial charge < -0.3 is 0 Å². The molecule has 0 aromatic heterocycles. The predicted octanol–water partition coefficient (Wildman–Crippen LogP) is 9.69. The molecule has 186 valence electrons. The van der Waals surface area contributed by atoms with Gasteiger partial charge in [-0.2, -0.15) is 4.58 Å². The molecule has 0 radical (unpaired) electrons. The van der Waals surface area contributed by atoms with Crippen molar-refractivity contribution in [1.29, 1.82) is 0 Å². The number of para-hydroxylation sites is 1. The zero-order valence-corrected chi connectivity index (χ0v) is 24.3. The van der Waals surface area contributed by atoms with E-state index in [9.17, 15) is 0 Å². The van der Waals surface area contributed by atoms with Crippen LogP contribution in [0.3, 0.4) is 0 Å². The molecule has 0 spiro atoms. The van der Waals surface area contributed by atoms with Crippen LogP contribution in [0.25, 0.3) is 0 Å². The standard InChI is InChI=1S/C26H36N.3C2H6/c1-8-22-11-9-10-20(4)24(22)27-18-26(7,17-25(27,5)6)23-14-12-21(13-15-23)16-19(2)3;3*1-2/h9-15,18-19H,8,16-17H2,1-7H3;3*1-2H3/q+1;;;. The molecule has 0 N–H and O–H groups in total. The molecule has 0 saturated heterocycles. The van der Waals surface area contributed by atoms with E-state index in [2.05, 4.69) is 102 Å². The molecule has 0 fully saturated rings. The summed E-state index contributed by atoms with van der Waals surface area (Å²) in [5.74, 6) is 0.701. The minimum absolute atomic E-state index is 0.0627. The first-order chi connectivity index (χ1) is 15.7. The SMILES string of the molecule is CC.CC.CC.CCc1cccc(C)c1[N+]1=CC(C)(c2ccc(CC(C)C)cc2)CC1(C)C. The molecule has 2 aromatic carbocycles. The highest BCUT2D eigenvalue weighted by Gasteiger charge is 2.50. The minimum Gasteiger partial charge on any atom is -0.197 e. The molecule has 33 heavy (non-hydrogen) atoms. The molecule has 3 rings (SSSR count). The number of hydrogen-bond acceptors (Lipinski definition) is 0. The summed E-state index contributed by atoms with van der Waals surface area (Å²) in [6.07, 6.45) is 5.84. The fourth-order valence-electron chi connectivity index (χ4n) is 4.88. The van der Waals surface area contributed by atoms with E-state index in [1.165, 1.54) is 27.9 Å². The molecular formula is C32H54N+. The third kappa shape index (κ3) is 7.83. The number of benzene rings is 2. The van der Waals surface area contributed by atoms with Crippen LogP contribution in [0.15, 0.2) is 42.5 Å². The van der Waals surface area contributed by atoms with Gasteiger partial charge in [-0.15, -0.1) is 0 Å². The smallest absolute Gasteiger partial charge is 0.197 e. The van der Waals surface area contributed by atoms with Gasteiger partial charge in [0.15, 0.2) is 11.8 Å². The Morgan fingerprint density at radius 2 is 1.39 bits per heavy atom. The van der Waals surface area contributed by atoms with Gasteiger partial charge in [-0.25, -0.2) is 0 Å². The molecule has 1 heterocycles. The van der Waals surface area contributed by atoms with Crippen molar-refractivity contribution in [3.63, 3.8) is 0 Å². The van der Waals surface area contributed by atoms with Crippen molar-refractivity contribution in [1.82, 2.24) is 0 Å². The van der Waals surface area contributed by atoms with E-state index in [1.54, 1.807) is 0 Å². The van der Waals surface area contributed by atoms with E-state index >= 15 is 0 Å². The molecule has 1 atom stereocenters. The Bertz CT molecular complexity index is 839. The zero-order chi connectivity index (χ0) is 25.8. The highest BCUT2D eigenvalue weighted by molar-refractivity contribution is 5.73. The maximum atomic E-state index is 2.56. The van der Waals surface area contributed by atoms with E-state index in [-0.39, 0.29) is 11.0 Å². The average molecular weight is 453 g/mol. The van der Waals surface area contributed by atoms with Crippen molar-refractivity contribution in [2.24, 2.45) is 5.92 Å². The third-order valence-corrected chi connectivity index (χ3v) is 6.07. The van der Waals surface area contributed by atoms with Crippen LogP contribution in [-0.2, 0) is 18.3 Å². The second-order valence-electron chi connectivity index (χ2n) is 9.64. The van der Waals surface area contributed by atoms with Crippen LogP contribution in [0.1, 0.15) is 112 Å². The van der Waals surface area contributed by atoms with Gasteiger partial charge in [-0.1, -0.05) is 105 Å². The van der Waals surface area contributed by atoms with Gasteiger partial charge in [-0.05, 0) is 43.7 Å². The van der Waals surface area contributed by atoms with Crippen molar-refractivity contribution < 1.29 is 4.58 Å². The maximum Gasteiger partial charge on any atom is 0.211 e. The van der Waals surface area contributed by atoms with Crippen molar-refractivity contribution in [3.05, 3.63) is 64.7 Å². The predicted molar refractivity (Wildman–Crippen MR) is 152 cm³/mol. The quantitative estimate of drug-likeness (QED) is 0.397. The van der Waals surface area contributed by atoms with Gasteiger partial charge in [-0.3, -0.25) is 0 Å². The highest BCUT2D eigenvalue weighted by atomic mass is 15.1. The Balaban J connectivity index is 0.00000158. The third-order valence-electron chi connectivity index (χ3n) is 6.07. The van der Waals surface area contributed by atoms with Gasteiger partial charge in [0.2, 0.25) is 5.69 Å². The van der Waals surface area contributed by atoms with E-state index in [0.717, 1.165) is 19.3 Å². The van der Waals surface area contributed by atoms with Crippen LogP contribution in [0.5, 0.6) is 0 Å². The molecule has 2 aromatic rings. The number of rotatable bonds is 5. The maximum absolute atomic E-state index is 2.56. The van der Waals surface area contributed by atoms with E-state index in [4.69, 9.17) is 0 Å². The second kappa shape index (κ2) is 14.4. The summed E-state index contributed by atoms with van der Waals surface area (Å²) in [4.78, 5) is 0. The molecule has 1 aliphatic rings. The summed E-state index contributed by atoms with van der Waals surface area (Å²) in [6, 6.07) is 16.1. The Kier molecular flexibility index (Phi) is 13.6. The average Bonchev–Trinajstić information content (AvgIpc) is 3.06. The van der Waals surface area contributed by atoms with Gasteiger partial charge >= 0.3 is 0 Å². The van der Waals surface area contributed by atoms with Crippen molar-refractivity contribution in [2.75, 3.05) is 0 Å². The Labute approximate surface area is 207 Å². The monoisotopic (exact) mass is 452 g/mol. The van der Waals surface area contributed by atoms with Crippen LogP contribution < -0.4 is 0 Å². The summed E-state index contributed by atoms with van der Waals surface area (Å²) in [5, 5.41) is 0. The fourth-order valence-corrected chi connectivity index (χ4v) is 4.88. The Hall–Kier alpha value is -1.89. The highest BCUT2D eigenvalue weighted by Crippen LogP contribution is 2.43. The first-order valence-electron chi connectivity index (χ1n) is 13.5. The summed E-state index contributed by atoms with van der Waals surface area (Å²) >= 11 is 0. The first-order valence-corrected chi connectivity index (χ1v) is 13.5. The van der Waals surface area contributed by atoms with E-state index in [1.807, 2.05) is 41.5 Å². The lowest BCUT2D eigenvalue weighted by molar-refractivity contribution is -0.512. The largest absolute Gasteiger partial charge is 0.211 e. The van der Waals surface area contributed by atoms with Crippen LogP contribution in [-0.4, -0.2) is 16.3 Å². The summed E-state index contributed by atoms with van der Waals surface area (Å²) in [7, 11) is 0. The van der Waals surface area contributed by atoms with Crippen molar-refractivity contribution in [2.45, 2.75) is 120 Å². The molecule has 1 heteroatoms.